The zero-order valence-electron chi connectivity index (χ0n) is 17.9. The molecule has 0 aromatic carbocycles. The number of pyridine rings is 1. The molecule has 5 atom stereocenters. The van der Waals surface area contributed by atoms with E-state index in [0.717, 1.165) is 20.8 Å². The van der Waals surface area contributed by atoms with Gasteiger partial charge in [0.25, 0.3) is 0 Å². The number of hydrogen-bond acceptors (Lipinski definition) is 11. The molecule has 12 nitrogen and oxygen atoms in total. The van der Waals surface area contributed by atoms with Gasteiger partial charge in [0.1, 0.15) is 18.8 Å². The second-order valence-corrected chi connectivity index (χ2v) is 6.87. The van der Waals surface area contributed by atoms with Crippen LogP contribution in [0.4, 0.5) is 0 Å². The molecule has 0 unspecified atom stereocenters. The third-order valence-corrected chi connectivity index (χ3v) is 4.19. The Morgan fingerprint density at radius 1 is 0.969 bits per heavy atom. The van der Waals surface area contributed by atoms with Crippen LogP contribution in [0.25, 0.3) is 0 Å². The van der Waals surface area contributed by atoms with Crippen molar-refractivity contribution < 1.29 is 47.7 Å². The molecule has 1 aliphatic rings. The van der Waals surface area contributed by atoms with Gasteiger partial charge in [-0.05, 0) is 12.1 Å². The molecule has 2 rings (SSSR count). The Hall–Kier alpha value is -3.54. The van der Waals surface area contributed by atoms with E-state index >= 15 is 0 Å². The number of carbonyl (C=O) groups is 5. The van der Waals surface area contributed by atoms with Crippen molar-refractivity contribution in [1.82, 2.24) is 10.3 Å². The Kier molecular flexibility index (Phi) is 8.64. The van der Waals surface area contributed by atoms with Crippen LogP contribution in [-0.2, 0) is 42.9 Å². The summed E-state index contributed by atoms with van der Waals surface area (Å²) < 4.78 is 26.7. The summed E-state index contributed by atoms with van der Waals surface area (Å²) in [5.41, 5.74) is 0.0976. The van der Waals surface area contributed by atoms with Gasteiger partial charge in [-0.15, -0.1) is 0 Å². The normalized spacial score (nSPS) is 24.6. The molecule has 1 saturated heterocycles. The fraction of sp³-hybridized carbons (Fsp3) is 0.500. The first-order valence-corrected chi connectivity index (χ1v) is 9.59. The Bertz CT molecular complexity index is 859. The summed E-state index contributed by atoms with van der Waals surface area (Å²) in [6.45, 7) is 4.18. The van der Waals surface area contributed by atoms with Crippen molar-refractivity contribution >= 4 is 29.8 Å². The molecule has 1 fully saturated rings. The van der Waals surface area contributed by atoms with Crippen molar-refractivity contribution in [3.05, 3.63) is 30.1 Å². The third kappa shape index (κ3) is 7.01. The van der Waals surface area contributed by atoms with Gasteiger partial charge in [0, 0.05) is 40.1 Å². The molecule has 0 bridgehead atoms. The van der Waals surface area contributed by atoms with Gasteiger partial charge in [0.15, 0.2) is 12.2 Å². The molecule has 1 amide bonds. The summed E-state index contributed by atoms with van der Waals surface area (Å²) in [6.07, 6.45) is -2.53. The zero-order valence-corrected chi connectivity index (χ0v) is 17.9. The van der Waals surface area contributed by atoms with Gasteiger partial charge in [0.05, 0.1) is 5.56 Å². The van der Waals surface area contributed by atoms with E-state index in [1.807, 2.05) is 0 Å². The number of aromatic nitrogens is 1. The molecule has 0 spiro atoms. The Balaban J connectivity index is 2.42. The zero-order chi connectivity index (χ0) is 23.8. The van der Waals surface area contributed by atoms with Gasteiger partial charge < -0.3 is 29.0 Å². The van der Waals surface area contributed by atoms with Gasteiger partial charge in [-0.25, -0.2) is 4.79 Å². The first-order chi connectivity index (χ1) is 15.1. The maximum atomic E-state index is 12.6. The van der Waals surface area contributed by atoms with Crippen molar-refractivity contribution in [2.45, 2.75) is 58.3 Å². The lowest BCUT2D eigenvalue weighted by atomic mass is 9.96. The topological polar surface area (TPSA) is 156 Å². The maximum Gasteiger partial charge on any atom is 0.342 e. The number of rotatable bonds is 7. The standard InChI is InChI=1S/C20H24N2O10/c1-10(23)22-16-18(30-13(4)26)17(29-12(3)25)15(9-28-11(2)24)31-20(16)32-19(27)14-6-5-7-21-8-14/h5-8,15-18,20H,9H2,1-4H3,(H,22,23)/t15-,16+,17-,18+,20+/m1/s1. The average molecular weight is 452 g/mol. The van der Waals surface area contributed by atoms with Gasteiger partial charge in [-0.3, -0.25) is 24.2 Å². The van der Waals surface area contributed by atoms with E-state index in [2.05, 4.69) is 10.3 Å². The lowest BCUT2D eigenvalue weighted by Gasteiger charge is -2.44. The predicted molar refractivity (Wildman–Crippen MR) is 104 cm³/mol. The fourth-order valence-corrected chi connectivity index (χ4v) is 3.05. The average Bonchev–Trinajstić information content (AvgIpc) is 2.70. The first-order valence-electron chi connectivity index (χ1n) is 9.59. The number of ether oxygens (including phenoxy) is 5. The van der Waals surface area contributed by atoms with E-state index in [1.54, 1.807) is 0 Å². The molecule has 0 radical (unpaired) electrons. The van der Waals surface area contributed by atoms with Crippen molar-refractivity contribution in [2.24, 2.45) is 0 Å². The summed E-state index contributed by atoms with van der Waals surface area (Å²) in [7, 11) is 0. The molecule has 1 N–H and O–H groups in total. The quantitative estimate of drug-likeness (QED) is 0.435. The lowest BCUT2D eigenvalue weighted by molar-refractivity contribution is -0.263. The second-order valence-electron chi connectivity index (χ2n) is 6.87. The second kappa shape index (κ2) is 11.2. The molecule has 32 heavy (non-hydrogen) atoms. The van der Waals surface area contributed by atoms with Crippen molar-refractivity contribution in [1.29, 1.82) is 0 Å². The van der Waals surface area contributed by atoms with Crippen molar-refractivity contribution in [3.8, 4) is 0 Å². The van der Waals surface area contributed by atoms with Crippen molar-refractivity contribution in [2.75, 3.05) is 6.61 Å². The maximum absolute atomic E-state index is 12.6. The van der Waals surface area contributed by atoms with Gasteiger partial charge >= 0.3 is 23.9 Å². The van der Waals surface area contributed by atoms with E-state index in [1.165, 1.54) is 31.5 Å². The minimum absolute atomic E-state index is 0.0976. The van der Waals surface area contributed by atoms with Crippen LogP contribution in [0.15, 0.2) is 24.5 Å². The van der Waals surface area contributed by atoms with Crippen LogP contribution >= 0.6 is 0 Å². The Morgan fingerprint density at radius 3 is 2.16 bits per heavy atom. The molecule has 1 aliphatic heterocycles. The van der Waals surface area contributed by atoms with Crippen LogP contribution in [0, 0.1) is 0 Å². The van der Waals surface area contributed by atoms with Crippen LogP contribution in [-0.4, -0.2) is 72.0 Å². The third-order valence-electron chi connectivity index (χ3n) is 4.19. The summed E-state index contributed by atoms with van der Waals surface area (Å²) in [5.74, 6) is -3.54. The molecule has 0 saturated carbocycles. The molecular weight excluding hydrogens is 428 g/mol. The van der Waals surface area contributed by atoms with E-state index in [-0.39, 0.29) is 5.56 Å². The molecular formula is C20H24N2O10. The highest BCUT2D eigenvalue weighted by atomic mass is 16.7. The van der Waals surface area contributed by atoms with Gasteiger partial charge in [-0.2, -0.15) is 0 Å². The van der Waals surface area contributed by atoms with E-state index in [4.69, 9.17) is 23.7 Å². The molecule has 1 aromatic rings. The van der Waals surface area contributed by atoms with E-state index < -0.39 is 67.0 Å². The molecule has 174 valence electrons. The summed E-state index contributed by atoms with van der Waals surface area (Å²) in [6, 6.07) is 1.73. The summed E-state index contributed by atoms with van der Waals surface area (Å²) in [4.78, 5) is 63.0. The number of hydrogen-bond donors (Lipinski definition) is 1. The van der Waals surface area contributed by atoms with Gasteiger partial charge in [-0.1, -0.05) is 0 Å². The summed E-state index contributed by atoms with van der Waals surface area (Å²) >= 11 is 0. The SMILES string of the molecule is CC(=O)N[C@@H]1[C@H](OC(=O)c2cccnc2)O[C@H](COC(C)=O)[C@@H](OC(C)=O)[C@H]1OC(C)=O. The Morgan fingerprint density at radius 2 is 1.62 bits per heavy atom. The largest absolute Gasteiger partial charge is 0.463 e. The minimum atomic E-state index is -1.48. The van der Waals surface area contributed by atoms with E-state index in [9.17, 15) is 24.0 Å². The number of carbonyl (C=O) groups excluding carboxylic acids is 5. The molecule has 0 aliphatic carbocycles. The molecule has 2 heterocycles. The highest BCUT2D eigenvalue weighted by Gasteiger charge is 2.52. The Labute approximate surface area is 183 Å². The highest BCUT2D eigenvalue weighted by Crippen LogP contribution is 2.28. The van der Waals surface area contributed by atoms with Crippen LogP contribution in [0.1, 0.15) is 38.1 Å². The van der Waals surface area contributed by atoms with Crippen LogP contribution < -0.4 is 5.32 Å². The predicted octanol–water partition coefficient (Wildman–Crippen LogP) is -0.105. The first kappa shape index (κ1) is 24.7. The highest BCUT2D eigenvalue weighted by molar-refractivity contribution is 5.89. The number of amides is 1. The molecule has 1 aromatic heterocycles. The number of esters is 4. The monoisotopic (exact) mass is 452 g/mol. The fourth-order valence-electron chi connectivity index (χ4n) is 3.05. The summed E-state index contributed by atoms with van der Waals surface area (Å²) in [5, 5.41) is 2.50. The lowest BCUT2D eigenvalue weighted by Crippen LogP contribution is -2.66. The van der Waals surface area contributed by atoms with Crippen molar-refractivity contribution in [3.63, 3.8) is 0 Å². The number of nitrogens with one attached hydrogen (secondary N) is 1. The van der Waals surface area contributed by atoms with Crippen LogP contribution in [0.2, 0.25) is 0 Å². The smallest absolute Gasteiger partial charge is 0.342 e. The minimum Gasteiger partial charge on any atom is -0.463 e. The van der Waals surface area contributed by atoms with Crippen LogP contribution in [0.5, 0.6) is 0 Å². The molecule has 12 heteroatoms. The number of nitrogens with zero attached hydrogens (tertiary/aromatic N) is 1. The van der Waals surface area contributed by atoms with Gasteiger partial charge in [0.2, 0.25) is 12.2 Å². The van der Waals surface area contributed by atoms with Crippen LogP contribution in [0.3, 0.4) is 0 Å². The van der Waals surface area contributed by atoms with E-state index in [0.29, 0.717) is 0 Å².